The van der Waals surface area contributed by atoms with Gasteiger partial charge in [0.15, 0.2) is 5.79 Å². The van der Waals surface area contributed by atoms with Crippen molar-refractivity contribution in [1.82, 2.24) is 0 Å². The Kier molecular flexibility index (Phi) is 3.65. The first kappa shape index (κ1) is 13.5. The van der Waals surface area contributed by atoms with Crippen molar-refractivity contribution in [2.45, 2.75) is 59.0 Å². The summed E-state index contributed by atoms with van der Waals surface area (Å²) < 4.78 is 16.4. The molecule has 94 valence electrons. The second-order valence-electron chi connectivity index (χ2n) is 5.69. The summed E-state index contributed by atoms with van der Waals surface area (Å²) in [5.74, 6) is -1.14. The van der Waals surface area contributed by atoms with E-state index in [1.807, 2.05) is 41.5 Å². The molecule has 1 aliphatic rings. The molecular formula is C12H22O4. The van der Waals surface area contributed by atoms with Gasteiger partial charge in [-0.2, -0.15) is 0 Å². The van der Waals surface area contributed by atoms with Crippen LogP contribution in [0.5, 0.6) is 0 Å². The van der Waals surface area contributed by atoms with E-state index in [-0.39, 0.29) is 18.0 Å². The van der Waals surface area contributed by atoms with Gasteiger partial charge in [-0.05, 0) is 41.5 Å². The Morgan fingerprint density at radius 1 is 1.44 bits per heavy atom. The van der Waals surface area contributed by atoms with E-state index in [1.165, 1.54) is 0 Å². The van der Waals surface area contributed by atoms with Crippen LogP contribution in [0.3, 0.4) is 0 Å². The van der Waals surface area contributed by atoms with Gasteiger partial charge in [0.05, 0.1) is 18.6 Å². The van der Waals surface area contributed by atoms with Crippen molar-refractivity contribution in [1.29, 1.82) is 0 Å². The molecule has 2 atom stereocenters. The molecule has 0 bridgehead atoms. The van der Waals surface area contributed by atoms with Gasteiger partial charge in [0, 0.05) is 0 Å². The molecule has 0 aromatic rings. The summed E-state index contributed by atoms with van der Waals surface area (Å²) in [5, 5.41) is 0. The zero-order valence-electron chi connectivity index (χ0n) is 11.0. The Hall–Kier alpha value is -0.610. The number of hydrogen-bond acceptors (Lipinski definition) is 4. The Labute approximate surface area is 97.2 Å². The van der Waals surface area contributed by atoms with Crippen molar-refractivity contribution < 1.29 is 19.0 Å². The lowest BCUT2D eigenvalue weighted by Crippen LogP contribution is -2.35. The van der Waals surface area contributed by atoms with E-state index in [9.17, 15) is 4.79 Å². The molecular weight excluding hydrogens is 208 g/mol. The standard InChI is InChI=1S/C12H22O4/c1-8(10(13)16-11(2,3)4)9-7-14-12(5,6)15-9/h8-9H,7H2,1-6H3/t8-,9-/m0/s1. The summed E-state index contributed by atoms with van der Waals surface area (Å²) in [6.45, 7) is 11.5. The topological polar surface area (TPSA) is 44.8 Å². The van der Waals surface area contributed by atoms with E-state index < -0.39 is 11.4 Å². The quantitative estimate of drug-likeness (QED) is 0.682. The molecule has 4 nitrogen and oxygen atoms in total. The molecule has 1 saturated heterocycles. The number of ether oxygens (including phenoxy) is 3. The van der Waals surface area contributed by atoms with E-state index in [0.717, 1.165) is 0 Å². The summed E-state index contributed by atoms with van der Waals surface area (Å²) in [5.41, 5.74) is -0.458. The highest BCUT2D eigenvalue weighted by Crippen LogP contribution is 2.27. The van der Waals surface area contributed by atoms with Gasteiger partial charge in [-0.25, -0.2) is 0 Å². The molecule has 0 aromatic carbocycles. The molecule has 0 unspecified atom stereocenters. The summed E-state index contributed by atoms with van der Waals surface area (Å²) >= 11 is 0. The number of esters is 1. The van der Waals surface area contributed by atoms with E-state index in [4.69, 9.17) is 14.2 Å². The van der Waals surface area contributed by atoms with Crippen LogP contribution >= 0.6 is 0 Å². The zero-order valence-corrected chi connectivity index (χ0v) is 11.0. The third kappa shape index (κ3) is 3.76. The minimum Gasteiger partial charge on any atom is -0.460 e. The van der Waals surface area contributed by atoms with Crippen LogP contribution in [0, 0.1) is 5.92 Å². The van der Waals surface area contributed by atoms with E-state index in [0.29, 0.717) is 6.61 Å². The van der Waals surface area contributed by atoms with Crippen molar-refractivity contribution in [2.24, 2.45) is 5.92 Å². The molecule has 1 fully saturated rings. The average Bonchev–Trinajstić information content (AvgIpc) is 2.41. The largest absolute Gasteiger partial charge is 0.460 e. The summed E-state index contributed by atoms with van der Waals surface area (Å²) in [7, 11) is 0. The lowest BCUT2D eigenvalue weighted by atomic mass is 10.1. The highest BCUT2D eigenvalue weighted by atomic mass is 16.7. The average molecular weight is 230 g/mol. The van der Waals surface area contributed by atoms with E-state index >= 15 is 0 Å². The minimum absolute atomic E-state index is 0.218. The number of rotatable bonds is 2. The monoisotopic (exact) mass is 230 g/mol. The summed E-state index contributed by atoms with van der Waals surface area (Å²) in [6, 6.07) is 0. The highest BCUT2D eigenvalue weighted by molar-refractivity contribution is 5.73. The second kappa shape index (κ2) is 4.34. The maximum Gasteiger partial charge on any atom is 0.311 e. The molecule has 0 aromatic heterocycles. The van der Waals surface area contributed by atoms with Gasteiger partial charge in [0.2, 0.25) is 0 Å². The summed E-state index contributed by atoms with van der Waals surface area (Å²) in [6.07, 6.45) is -0.218. The van der Waals surface area contributed by atoms with Crippen LogP contribution in [-0.4, -0.2) is 30.1 Å². The van der Waals surface area contributed by atoms with Crippen LogP contribution in [0.2, 0.25) is 0 Å². The highest BCUT2D eigenvalue weighted by Gasteiger charge is 2.39. The van der Waals surface area contributed by atoms with Crippen molar-refractivity contribution in [2.75, 3.05) is 6.61 Å². The van der Waals surface area contributed by atoms with Crippen molar-refractivity contribution in [3.63, 3.8) is 0 Å². The van der Waals surface area contributed by atoms with Crippen LogP contribution in [0.25, 0.3) is 0 Å². The molecule has 4 heteroatoms. The first-order valence-corrected chi connectivity index (χ1v) is 5.65. The van der Waals surface area contributed by atoms with Crippen LogP contribution in [0.4, 0.5) is 0 Å². The Morgan fingerprint density at radius 2 is 2.00 bits per heavy atom. The first-order chi connectivity index (χ1) is 7.11. The molecule has 0 amide bonds. The first-order valence-electron chi connectivity index (χ1n) is 5.65. The van der Waals surface area contributed by atoms with Gasteiger partial charge in [-0.3, -0.25) is 4.79 Å². The lowest BCUT2D eigenvalue weighted by molar-refractivity contribution is -0.170. The maximum absolute atomic E-state index is 11.8. The Morgan fingerprint density at radius 3 is 2.38 bits per heavy atom. The van der Waals surface area contributed by atoms with Gasteiger partial charge in [0.1, 0.15) is 5.60 Å². The van der Waals surface area contributed by atoms with Gasteiger partial charge in [-0.15, -0.1) is 0 Å². The smallest absolute Gasteiger partial charge is 0.311 e. The normalized spacial score (nSPS) is 26.5. The van der Waals surface area contributed by atoms with E-state index in [2.05, 4.69) is 0 Å². The third-order valence-electron chi connectivity index (χ3n) is 2.37. The van der Waals surface area contributed by atoms with E-state index in [1.54, 1.807) is 0 Å². The lowest BCUT2D eigenvalue weighted by Gasteiger charge is -2.25. The molecule has 1 aliphatic heterocycles. The zero-order chi connectivity index (χ0) is 12.6. The molecule has 16 heavy (non-hydrogen) atoms. The number of carbonyl (C=O) groups excluding carboxylic acids is 1. The summed E-state index contributed by atoms with van der Waals surface area (Å²) in [4.78, 5) is 11.8. The van der Waals surface area contributed by atoms with Gasteiger partial charge >= 0.3 is 5.97 Å². The predicted molar refractivity (Wildman–Crippen MR) is 59.9 cm³/mol. The van der Waals surface area contributed by atoms with Gasteiger partial charge < -0.3 is 14.2 Å². The van der Waals surface area contributed by atoms with Crippen molar-refractivity contribution in [3.8, 4) is 0 Å². The molecule has 0 saturated carbocycles. The molecule has 0 aliphatic carbocycles. The maximum atomic E-state index is 11.8. The molecule has 0 N–H and O–H groups in total. The number of hydrogen-bond donors (Lipinski definition) is 0. The van der Waals surface area contributed by atoms with Gasteiger partial charge in [-0.1, -0.05) is 0 Å². The fraction of sp³-hybridized carbons (Fsp3) is 0.917. The molecule has 1 heterocycles. The fourth-order valence-corrected chi connectivity index (χ4v) is 1.51. The van der Waals surface area contributed by atoms with Crippen LogP contribution in [0.15, 0.2) is 0 Å². The SMILES string of the molecule is C[C@H](C(=O)OC(C)(C)C)[C@@H]1COC(C)(C)O1. The predicted octanol–water partition coefficient (Wildman–Crippen LogP) is 2.12. The Balaban J connectivity index is 2.52. The number of carbonyl (C=O) groups is 1. The van der Waals surface area contributed by atoms with Crippen LogP contribution < -0.4 is 0 Å². The Bertz CT molecular complexity index is 265. The molecule has 0 spiro atoms. The minimum atomic E-state index is -0.596. The van der Waals surface area contributed by atoms with Crippen LogP contribution in [0.1, 0.15) is 41.5 Å². The second-order valence-corrected chi connectivity index (χ2v) is 5.69. The fourth-order valence-electron chi connectivity index (χ4n) is 1.51. The van der Waals surface area contributed by atoms with Crippen molar-refractivity contribution in [3.05, 3.63) is 0 Å². The third-order valence-corrected chi connectivity index (χ3v) is 2.37. The van der Waals surface area contributed by atoms with Crippen molar-refractivity contribution >= 4 is 5.97 Å². The van der Waals surface area contributed by atoms with Crippen LogP contribution in [-0.2, 0) is 19.0 Å². The van der Waals surface area contributed by atoms with Gasteiger partial charge in [0.25, 0.3) is 0 Å². The molecule has 0 radical (unpaired) electrons. The molecule has 1 rings (SSSR count).